The second-order valence-corrected chi connectivity index (χ2v) is 7.96. The minimum absolute atomic E-state index is 0.177. The van der Waals surface area contributed by atoms with Crippen molar-refractivity contribution >= 4 is 29.1 Å². The number of nitrogens with zero attached hydrogens (tertiary/aromatic N) is 3. The third-order valence-electron chi connectivity index (χ3n) is 5.72. The van der Waals surface area contributed by atoms with Crippen molar-refractivity contribution in [3.63, 3.8) is 0 Å². The number of hydrogen-bond donors (Lipinski definition) is 1. The van der Waals surface area contributed by atoms with Crippen molar-refractivity contribution in [3.05, 3.63) is 70.5 Å². The van der Waals surface area contributed by atoms with E-state index >= 15 is 0 Å². The molecular weight excluding hydrogens is 444 g/mol. The van der Waals surface area contributed by atoms with Gasteiger partial charge in [-0.1, -0.05) is 23.7 Å². The molecule has 0 spiro atoms. The molecule has 172 valence electrons. The van der Waals surface area contributed by atoms with Crippen LogP contribution in [-0.4, -0.2) is 42.4 Å². The molecule has 2 heterocycles. The van der Waals surface area contributed by atoms with Gasteiger partial charge in [-0.3, -0.25) is 14.3 Å². The van der Waals surface area contributed by atoms with E-state index in [2.05, 4.69) is 10.4 Å². The lowest BCUT2D eigenvalue weighted by atomic mass is 10.0. The molecule has 1 aliphatic rings. The van der Waals surface area contributed by atoms with Crippen molar-refractivity contribution in [2.45, 2.75) is 25.9 Å². The highest BCUT2D eigenvalue weighted by atomic mass is 35.5. The Morgan fingerprint density at radius 1 is 1.15 bits per heavy atom. The van der Waals surface area contributed by atoms with Gasteiger partial charge in [0, 0.05) is 18.7 Å². The lowest BCUT2D eigenvalue weighted by Crippen LogP contribution is -2.41. The topological polar surface area (TPSA) is 85.7 Å². The summed E-state index contributed by atoms with van der Waals surface area (Å²) < 4.78 is 12.4. The Hall–Kier alpha value is -3.52. The molecule has 0 bridgehead atoms. The number of ether oxygens (including phenoxy) is 2. The molecule has 1 aliphatic heterocycles. The average Bonchev–Trinajstić information content (AvgIpc) is 3.28. The Balaban J connectivity index is 1.64. The Morgan fingerprint density at radius 2 is 1.91 bits per heavy atom. The van der Waals surface area contributed by atoms with Crippen molar-refractivity contribution in [1.82, 2.24) is 15.1 Å². The van der Waals surface area contributed by atoms with Crippen LogP contribution in [0.2, 0.25) is 5.02 Å². The number of halogens is 1. The van der Waals surface area contributed by atoms with E-state index in [1.165, 1.54) is 7.11 Å². The fourth-order valence-electron chi connectivity index (χ4n) is 4.08. The Kier molecular flexibility index (Phi) is 6.55. The highest BCUT2D eigenvalue weighted by molar-refractivity contribution is 6.33. The van der Waals surface area contributed by atoms with Crippen LogP contribution in [0, 0.1) is 0 Å². The maximum absolute atomic E-state index is 13.4. The van der Waals surface area contributed by atoms with Crippen LogP contribution in [0.5, 0.6) is 11.5 Å². The molecule has 1 unspecified atom stereocenters. The smallest absolute Gasteiger partial charge is 0.258 e. The molecule has 2 amide bonds. The van der Waals surface area contributed by atoms with E-state index in [0.29, 0.717) is 52.8 Å². The first-order valence-electron chi connectivity index (χ1n) is 10.6. The van der Waals surface area contributed by atoms with E-state index in [0.717, 1.165) is 5.69 Å². The number of rotatable bonds is 6. The van der Waals surface area contributed by atoms with Gasteiger partial charge in [0.2, 0.25) is 0 Å². The first-order chi connectivity index (χ1) is 16.0. The molecule has 2 aromatic carbocycles. The first kappa shape index (κ1) is 22.7. The summed E-state index contributed by atoms with van der Waals surface area (Å²) in [6, 6.07) is 11.7. The second kappa shape index (κ2) is 9.54. The van der Waals surface area contributed by atoms with Crippen LogP contribution >= 0.6 is 11.6 Å². The number of hydrogen-bond acceptors (Lipinski definition) is 5. The molecule has 0 aliphatic carbocycles. The number of benzene rings is 2. The van der Waals surface area contributed by atoms with Crippen LogP contribution < -0.4 is 19.7 Å². The van der Waals surface area contributed by atoms with E-state index in [1.54, 1.807) is 65.4 Å². The lowest BCUT2D eigenvalue weighted by molar-refractivity contribution is 0.0931. The summed E-state index contributed by atoms with van der Waals surface area (Å²) in [5.74, 6) is 0.591. The molecule has 0 fully saturated rings. The van der Waals surface area contributed by atoms with Gasteiger partial charge in [-0.05, 0) is 43.7 Å². The number of fused-ring (bicyclic) bond motifs is 1. The van der Waals surface area contributed by atoms with E-state index in [4.69, 9.17) is 21.1 Å². The van der Waals surface area contributed by atoms with E-state index in [1.807, 2.05) is 6.92 Å². The Morgan fingerprint density at radius 3 is 2.61 bits per heavy atom. The monoisotopic (exact) mass is 468 g/mol. The number of carbonyl (C=O) groups excluding carboxylic acids is 2. The summed E-state index contributed by atoms with van der Waals surface area (Å²) in [5.41, 5.74) is 2.35. The number of carbonyl (C=O) groups is 2. The Labute approximate surface area is 197 Å². The highest BCUT2D eigenvalue weighted by Crippen LogP contribution is 2.36. The van der Waals surface area contributed by atoms with Gasteiger partial charge in [-0.25, -0.2) is 0 Å². The summed E-state index contributed by atoms with van der Waals surface area (Å²) >= 11 is 6.20. The number of anilines is 1. The van der Waals surface area contributed by atoms with Gasteiger partial charge in [0.05, 0.1) is 48.4 Å². The molecular formula is C24H25ClN4O4. The molecule has 0 radical (unpaired) electrons. The summed E-state index contributed by atoms with van der Waals surface area (Å²) in [6.07, 6.45) is 2.21. The maximum atomic E-state index is 13.4. The quantitative estimate of drug-likeness (QED) is 0.588. The first-order valence-corrected chi connectivity index (χ1v) is 11.0. The number of aryl methyl sites for hydroxylation is 1. The average molecular weight is 469 g/mol. The molecule has 33 heavy (non-hydrogen) atoms. The van der Waals surface area contributed by atoms with Crippen molar-refractivity contribution in [3.8, 4) is 11.5 Å². The molecule has 0 saturated carbocycles. The third-order valence-corrected chi connectivity index (χ3v) is 6.05. The number of amides is 2. The number of aromatic nitrogens is 2. The summed E-state index contributed by atoms with van der Waals surface area (Å²) in [5, 5.41) is 7.91. The van der Waals surface area contributed by atoms with Gasteiger partial charge in [-0.15, -0.1) is 0 Å². The Bertz CT molecular complexity index is 1190. The van der Waals surface area contributed by atoms with E-state index in [9.17, 15) is 9.59 Å². The van der Waals surface area contributed by atoms with Crippen LogP contribution in [0.3, 0.4) is 0 Å². The second-order valence-electron chi connectivity index (χ2n) is 7.55. The molecule has 1 aromatic heterocycles. The molecule has 9 heteroatoms. The minimum atomic E-state index is -0.305. The van der Waals surface area contributed by atoms with Gasteiger partial charge in [0.25, 0.3) is 11.8 Å². The summed E-state index contributed by atoms with van der Waals surface area (Å²) in [6.45, 7) is 2.99. The summed E-state index contributed by atoms with van der Waals surface area (Å²) in [4.78, 5) is 28.0. The van der Waals surface area contributed by atoms with Crippen LogP contribution in [-0.2, 0) is 6.54 Å². The highest BCUT2D eigenvalue weighted by Gasteiger charge is 2.34. The minimum Gasteiger partial charge on any atom is -0.493 e. The van der Waals surface area contributed by atoms with Crippen LogP contribution in [0.4, 0.5) is 5.69 Å². The zero-order valence-corrected chi connectivity index (χ0v) is 19.4. The van der Waals surface area contributed by atoms with Gasteiger partial charge < -0.3 is 19.7 Å². The van der Waals surface area contributed by atoms with Gasteiger partial charge in [0.1, 0.15) is 0 Å². The maximum Gasteiger partial charge on any atom is 0.258 e. The van der Waals surface area contributed by atoms with Crippen LogP contribution in [0.1, 0.15) is 45.8 Å². The zero-order chi connectivity index (χ0) is 23.5. The lowest BCUT2D eigenvalue weighted by Gasteiger charge is -2.33. The predicted molar refractivity (Wildman–Crippen MR) is 125 cm³/mol. The molecule has 0 saturated heterocycles. The summed E-state index contributed by atoms with van der Waals surface area (Å²) in [7, 11) is 3.08. The van der Waals surface area contributed by atoms with Crippen molar-refractivity contribution in [2.75, 3.05) is 25.7 Å². The van der Waals surface area contributed by atoms with Crippen LogP contribution in [0.15, 0.2) is 48.7 Å². The van der Waals surface area contributed by atoms with Crippen molar-refractivity contribution < 1.29 is 19.1 Å². The molecule has 1 N–H and O–H groups in total. The van der Waals surface area contributed by atoms with E-state index < -0.39 is 0 Å². The fraction of sp³-hybridized carbons (Fsp3) is 0.292. The molecule has 4 rings (SSSR count). The third kappa shape index (κ3) is 4.26. The van der Waals surface area contributed by atoms with Crippen molar-refractivity contribution in [1.29, 1.82) is 0 Å². The molecule has 3 aromatic rings. The predicted octanol–water partition coefficient (Wildman–Crippen LogP) is 4.10. The van der Waals surface area contributed by atoms with Crippen molar-refractivity contribution in [2.24, 2.45) is 0 Å². The fourth-order valence-corrected chi connectivity index (χ4v) is 4.30. The zero-order valence-electron chi connectivity index (χ0n) is 18.7. The molecule has 8 nitrogen and oxygen atoms in total. The SMILES string of the molecule is CCn1ncc2c1C(NC(=O)c1ccccc1Cl)CCN2C(=O)c1ccc(OC)c(OC)c1. The normalized spacial score (nSPS) is 15.0. The number of methoxy groups -OCH3 is 2. The largest absolute Gasteiger partial charge is 0.493 e. The van der Waals surface area contributed by atoms with Gasteiger partial charge >= 0.3 is 0 Å². The molecule has 1 atom stereocenters. The standard InChI is InChI=1S/C24H25ClN4O4/c1-4-29-22-18(27-23(30)16-7-5-6-8-17(16)25)11-12-28(19(22)14-26-29)24(31)15-9-10-20(32-2)21(13-15)33-3/h5-10,13-14,18H,4,11-12H2,1-3H3,(H,27,30). The van der Waals surface area contributed by atoms with Crippen LogP contribution in [0.25, 0.3) is 0 Å². The number of nitrogens with one attached hydrogen (secondary N) is 1. The van der Waals surface area contributed by atoms with Gasteiger partial charge in [-0.2, -0.15) is 5.10 Å². The van der Waals surface area contributed by atoms with Gasteiger partial charge in [0.15, 0.2) is 11.5 Å². The van der Waals surface area contributed by atoms with E-state index in [-0.39, 0.29) is 17.9 Å².